The lowest BCUT2D eigenvalue weighted by molar-refractivity contribution is 0.0695. The Balaban J connectivity index is 3.39. The molecule has 0 spiro atoms. The molecule has 0 fully saturated rings. The molecule has 8 heteroatoms. The van der Waals surface area contributed by atoms with Crippen molar-refractivity contribution >= 4 is 31.9 Å². The van der Waals surface area contributed by atoms with Crippen LogP contribution >= 0.6 is 15.9 Å². The van der Waals surface area contributed by atoms with Crippen LogP contribution in [0.2, 0.25) is 0 Å². The molecule has 0 aromatic heterocycles. The van der Waals surface area contributed by atoms with Gasteiger partial charge in [-0.1, -0.05) is 22.9 Å². The molecule has 0 unspecified atom stereocenters. The first-order valence-corrected chi connectivity index (χ1v) is 8.81. The summed E-state index contributed by atoms with van der Waals surface area (Å²) >= 11 is 3.19. The second kappa shape index (κ2) is 7.22. The van der Waals surface area contributed by atoms with E-state index in [1.165, 1.54) is 10.4 Å². The number of rotatable bonds is 6. The van der Waals surface area contributed by atoms with E-state index in [0.717, 1.165) is 6.07 Å². The van der Waals surface area contributed by atoms with Crippen LogP contribution in [0.15, 0.2) is 21.5 Å². The fraction of sp³-hybridized carbons (Fsp3) is 0.429. The molecule has 0 aliphatic carbocycles. The quantitative estimate of drug-likeness (QED) is 0.807. The van der Waals surface area contributed by atoms with Crippen LogP contribution in [0.25, 0.3) is 0 Å². The van der Waals surface area contributed by atoms with Crippen molar-refractivity contribution in [3.63, 3.8) is 0 Å². The number of sulfonamides is 1. The summed E-state index contributed by atoms with van der Waals surface area (Å²) in [5.74, 6) is -1.65. The van der Waals surface area contributed by atoms with Gasteiger partial charge in [-0.15, -0.1) is 0 Å². The van der Waals surface area contributed by atoms with Crippen molar-refractivity contribution < 1.29 is 18.3 Å². The molecule has 0 aliphatic rings. The number of nitrogens with zero attached hydrogens (tertiary/aromatic N) is 2. The number of benzene rings is 1. The number of halogens is 1. The van der Waals surface area contributed by atoms with E-state index < -0.39 is 21.9 Å². The van der Waals surface area contributed by atoms with Gasteiger partial charge in [0.05, 0.1) is 22.4 Å². The third-order valence-electron chi connectivity index (χ3n) is 3.24. The van der Waals surface area contributed by atoms with Gasteiger partial charge >= 0.3 is 5.97 Å². The van der Waals surface area contributed by atoms with E-state index in [1.807, 2.05) is 6.07 Å². The summed E-state index contributed by atoms with van der Waals surface area (Å²) in [6.45, 7) is 5.15. The van der Waals surface area contributed by atoms with Gasteiger partial charge in [-0.25, -0.2) is 13.2 Å². The first-order chi connectivity index (χ1) is 10.1. The molecule has 0 saturated heterocycles. The van der Waals surface area contributed by atoms with E-state index in [-0.39, 0.29) is 23.5 Å². The first-order valence-electron chi connectivity index (χ1n) is 6.58. The van der Waals surface area contributed by atoms with Crippen LogP contribution in [0, 0.1) is 24.2 Å². The number of carbonyl (C=O) groups is 1. The lowest BCUT2D eigenvalue weighted by Crippen LogP contribution is -2.34. The molecule has 0 bridgehead atoms. The SMILES string of the molecule is CCN(C[C@H](C)C#N)S(=O)(=O)c1cc(Br)c(C)c(C(=O)O)c1. The molecule has 0 saturated carbocycles. The number of carboxylic acids is 1. The topological polar surface area (TPSA) is 98.5 Å². The molecular formula is C14H17BrN2O4S. The molecule has 1 aromatic carbocycles. The van der Waals surface area contributed by atoms with Crippen LogP contribution in [0.3, 0.4) is 0 Å². The third kappa shape index (κ3) is 3.85. The van der Waals surface area contributed by atoms with E-state index in [0.29, 0.717) is 10.0 Å². The first kappa shape index (κ1) is 18.6. The van der Waals surface area contributed by atoms with Gasteiger partial charge in [-0.05, 0) is 31.5 Å². The van der Waals surface area contributed by atoms with E-state index >= 15 is 0 Å². The average molecular weight is 389 g/mol. The molecule has 120 valence electrons. The zero-order valence-corrected chi connectivity index (χ0v) is 14.9. The molecule has 22 heavy (non-hydrogen) atoms. The molecule has 0 amide bonds. The number of carboxylic acid groups (broad SMARTS) is 1. The van der Waals surface area contributed by atoms with E-state index in [9.17, 15) is 18.3 Å². The van der Waals surface area contributed by atoms with Crippen LogP contribution in [0.1, 0.15) is 29.8 Å². The van der Waals surface area contributed by atoms with Crippen molar-refractivity contribution in [2.75, 3.05) is 13.1 Å². The van der Waals surface area contributed by atoms with Crippen molar-refractivity contribution in [3.05, 3.63) is 27.7 Å². The maximum atomic E-state index is 12.7. The van der Waals surface area contributed by atoms with Gasteiger partial charge in [-0.2, -0.15) is 9.57 Å². The predicted molar refractivity (Wildman–Crippen MR) is 85.0 cm³/mol. The highest BCUT2D eigenvalue weighted by atomic mass is 79.9. The Morgan fingerprint density at radius 3 is 2.55 bits per heavy atom. The molecule has 0 aliphatic heterocycles. The number of hydrogen-bond donors (Lipinski definition) is 1. The summed E-state index contributed by atoms with van der Waals surface area (Å²) in [5, 5.41) is 18.0. The molecule has 1 aromatic rings. The molecule has 6 nitrogen and oxygen atoms in total. The number of aromatic carboxylic acids is 1. The van der Waals surface area contributed by atoms with Crippen molar-refractivity contribution in [3.8, 4) is 6.07 Å². The Kier molecular flexibility index (Phi) is 6.11. The Morgan fingerprint density at radius 2 is 2.09 bits per heavy atom. The fourth-order valence-electron chi connectivity index (χ4n) is 1.92. The smallest absolute Gasteiger partial charge is 0.336 e. The molecule has 0 radical (unpaired) electrons. The summed E-state index contributed by atoms with van der Waals surface area (Å²) in [7, 11) is -3.86. The van der Waals surface area contributed by atoms with Gasteiger partial charge < -0.3 is 5.11 Å². The van der Waals surface area contributed by atoms with Crippen LogP contribution in [0.5, 0.6) is 0 Å². The van der Waals surface area contributed by atoms with E-state index in [2.05, 4.69) is 15.9 Å². The van der Waals surface area contributed by atoms with Crippen LogP contribution in [-0.4, -0.2) is 36.9 Å². The summed E-state index contributed by atoms with van der Waals surface area (Å²) in [5.41, 5.74) is 0.386. The lowest BCUT2D eigenvalue weighted by atomic mass is 10.1. The predicted octanol–water partition coefficient (Wildman–Crippen LogP) is 2.63. The van der Waals surface area contributed by atoms with Crippen molar-refractivity contribution in [1.29, 1.82) is 5.26 Å². The highest BCUT2D eigenvalue weighted by molar-refractivity contribution is 9.10. The summed E-state index contributed by atoms with van der Waals surface area (Å²) in [4.78, 5) is 11.1. The largest absolute Gasteiger partial charge is 0.478 e. The third-order valence-corrected chi connectivity index (χ3v) is 5.98. The molecule has 1 N–H and O–H groups in total. The monoisotopic (exact) mass is 388 g/mol. The van der Waals surface area contributed by atoms with Crippen molar-refractivity contribution in [1.82, 2.24) is 4.31 Å². The zero-order chi connectivity index (χ0) is 17.1. The van der Waals surface area contributed by atoms with Crippen molar-refractivity contribution in [2.24, 2.45) is 5.92 Å². The Bertz CT molecular complexity index is 725. The van der Waals surface area contributed by atoms with Gasteiger partial charge in [0.15, 0.2) is 0 Å². The summed E-state index contributed by atoms with van der Waals surface area (Å²) in [6.07, 6.45) is 0. The maximum Gasteiger partial charge on any atom is 0.336 e. The average Bonchev–Trinajstić information content (AvgIpc) is 2.46. The second-order valence-corrected chi connectivity index (χ2v) is 7.66. The minimum atomic E-state index is -3.86. The second-order valence-electron chi connectivity index (χ2n) is 4.87. The van der Waals surface area contributed by atoms with Gasteiger partial charge in [0.1, 0.15) is 0 Å². The minimum absolute atomic E-state index is 0.0588. The Morgan fingerprint density at radius 1 is 1.50 bits per heavy atom. The van der Waals surface area contributed by atoms with Gasteiger partial charge in [0, 0.05) is 17.6 Å². The van der Waals surface area contributed by atoms with Crippen LogP contribution < -0.4 is 0 Å². The highest BCUT2D eigenvalue weighted by Gasteiger charge is 2.27. The summed E-state index contributed by atoms with van der Waals surface area (Å²) in [6, 6.07) is 4.53. The summed E-state index contributed by atoms with van der Waals surface area (Å²) < 4.78 is 26.9. The fourth-order valence-corrected chi connectivity index (χ4v) is 4.12. The molecule has 1 rings (SSSR count). The zero-order valence-electron chi connectivity index (χ0n) is 12.5. The Labute approximate surface area is 138 Å². The van der Waals surface area contributed by atoms with Gasteiger partial charge in [0.25, 0.3) is 0 Å². The Hall–Kier alpha value is -1.43. The van der Waals surface area contributed by atoms with E-state index in [1.54, 1.807) is 20.8 Å². The molecule has 1 atom stereocenters. The number of nitriles is 1. The van der Waals surface area contributed by atoms with Gasteiger partial charge in [0.2, 0.25) is 10.0 Å². The van der Waals surface area contributed by atoms with Crippen molar-refractivity contribution in [2.45, 2.75) is 25.7 Å². The molecule has 0 heterocycles. The van der Waals surface area contributed by atoms with E-state index in [4.69, 9.17) is 5.26 Å². The normalized spacial score (nSPS) is 12.9. The molecular weight excluding hydrogens is 372 g/mol. The van der Waals surface area contributed by atoms with Crippen LogP contribution in [-0.2, 0) is 10.0 Å². The highest BCUT2D eigenvalue weighted by Crippen LogP contribution is 2.27. The minimum Gasteiger partial charge on any atom is -0.478 e. The van der Waals surface area contributed by atoms with Crippen LogP contribution in [0.4, 0.5) is 0 Å². The maximum absolute atomic E-state index is 12.7. The van der Waals surface area contributed by atoms with Gasteiger partial charge in [-0.3, -0.25) is 0 Å². The lowest BCUT2D eigenvalue weighted by Gasteiger charge is -2.22. The number of hydrogen-bond acceptors (Lipinski definition) is 4. The standard InChI is InChI=1S/C14H17BrN2O4S/c1-4-17(8-9(2)7-16)22(20,21)11-5-12(14(18)19)10(3)13(15)6-11/h5-6,9H,4,8H2,1-3H3,(H,18,19)/t9-/m1/s1.